The first-order valence-corrected chi connectivity index (χ1v) is 13.2. The lowest BCUT2D eigenvalue weighted by Gasteiger charge is -2.41. The Morgan fingerprint density at radius 3 is 2.40 bits per heavy atom. The summed E-state index contributed by atoms with van der Waals surface area (Å²) in [5.41, 5.74) is -0.780. The van der Waals surface area contributed by atoms with Crippen molar-refractivity contribution in [2.24, 2.45) is 10.5 Å². The number of nitrogens with zero attached hydrogens (tertiary/aromatic N) is 3. The van der Waals surface area contributed by atoms with E-state index in [2.05, 4.69) is 15.7 Å². The Morgan fingerprint density at radius 2 is 1.75 bits per heavy atom. The molecule has 0 unspecified atom stereocenters. The van der Waals surface area contributed by atoms with Crippen molar-refractivity contribution in [3.63, 3.8) is 0 Å². The Kier molecular flexibility index (Phi) is 8.41. The monoisotopic (exact) mass is 549 g/mol. The molecule has 4 rings (SSSR count). The molecule has 212 valence electrons. The van der Waals surface area contributed by atoms with Crippen molar-refractivity contribution in [3.05, 3.63) is 66.2 Å². The zero-order chi connectivity index (χ0) is 28.9. The molecule has 2 aliphatic heterocycles. The molecule has 0 saturated carbocycles. The lowest BCUT2D eigenvalue weighted by atomic mass is 9.73. The molecule has 40 heavy (non-hydrogen) atoms. The van der Waals surface area contributed by atoms with Gasteiger partial charge >= 0.3 is 6.09 Å². The highest BCUT2D eigenvalue weighted by atomic mass is 16.5. The maximum atomic E-state index is 14.0. The second kappa shape index (κ2) is 11.8. The van der Waals surface area contributed by atoms with Crippen LogP contribution in [0.5, 0.6) is 5.75 Å². The fraction of sp³-hybridized carbons (Fsp3) is 0.414. The predicted molar refractivity (Wildman–Crippen MR) is 148 cm³/mol. The molecule has 0 radical (unpaired) electrons. The topological polar surface area (TPSA) is 141 Å². The number of likely N-dealkylation sites (tertiary alicyclic amines) is 1. The molecule has 2 heterocycles. The van der Waals surface area contributed by atoms with Crippen LogP contribution in [0.3, 0.4) is 0 Å². The van der Waals surface area contributed by atoms with E-state index in [1.54, 1.807) is 24.1 Å². The third-order valence-electron chi connectivity index (χ3n) is 7.28. The molecule has 2 aromatic carbocycles. The fourth-order valence-corrected chi connectivity index (χ4v) is 5.17. The van der Waals surface area contributed by atoms with Gasteiger partial charge in [-0.2, -0.15) is 5.10 Å². The third kappa shape index (κ3) is 6.24. The number of ether oxygens (including phenoxy) is 1. The minimum absolute atomic E-state index is 0.116. The van der Waals surface area contributed by atoms with Crippen LogP contribution in [0.1, 0.15) is 32.3 Å². The molecule has 2 aromatic rings. The first-order chi connectivity index (χ1) is 19.0. The van der Waals surface area contributed by atoms with Gasteiger partial charge in [0, 0.05) is 33.0 Å². The number of fused-ring (bicyclic) bond motifs is 1. The number of carbonyl (C=O) groups excluding carboxylic acids is 3. The number of nitrogens with one attached hydrogen (secondary N) is 2. The minimum Gasteiger partial charge on any atom is -0.494 e. The van der Waals surface area contributed by atoms with Crippen LogP contribution in [0.15, 0.2) is 65.8 Å². The summed E-state index contributed by atoms with van der Waals surface area (Å²) in [5.74, 6) is -0.579. The first kappa shape index (κ1) is 28.6. The Hall–Kier alpha value is -4.41. The van der Waals surface area contributed by atoms with Gasteiger partial charge in [-0.3, -0.25) is 14.4 Å². The Bertz CT molecular complexity index is 1280. The molecular formula is C29H35N5O6. The van der Waals surface area contributed by atoms with E-state index in [-0.39, 0.29) is 31.4 Å². The highest BCUT2D eigenvalue weighted by Gasteiger charge is 2.54. The van der Waals surface area contributed by atoms with Crippen LogP contribution in [-0.4, -0.2) is 82.9 Å². The smallest absolute Gasteiger partial charge is 0.405 e. The molecule has 1 saturated heterocycles. The van der Waals surface area contributed by atoms with Crippen LogP contribution in [0.2, 0.25) is 0 Å². The molecule has 0 aromatic heterocycles. The van der Waals surface area contributed by atoms with E-state index in [1.807, 2.05) is 48.5 Å². The van der Waals surface area contributed by atoms with E-state index in [0.717, 1.165) is 11.3 Å². The minimum atomic E-state index is -1.48. The average molecular weight is 550 g/mol. The van der Waals surface area contributed by atoms with Crippen molar-refractivity contribution in [1.29, 1.82) is 0 Å². The largest absolute Gasteiger partial charge is 0.494 e. The summed E-state index contributed by atoms with van der Waals surface area (Å²) in [6.07, 6.45) is -0.407. The number of carbonyl (C=O) groups is 4. The van der Waals surface area contributed by atoms with E-state index in [9.17, 15) is 19.2 Å². The van der Waals surface area contributed by atoms with E-state index >= 15 is 0 Å². The van der Waals surface area contributed by atoms with Gasteiger partial charge in [0.15, 0.2) is 0 Å². The number of amides is 4. The number of hydrazone groups is 1. The van der Waals surface area contributed by atoms with Gasteiger partial charge in [0.2, 0.25) is 11.8 Å². The summed E-state index contributed by atoms with van der Waals surface area (Å²) >= 11 is 0. The standard InChI is InChI=1S/C29H35N5O6/c1-28(2,31-27(38)39)25(36)30-22(15-17-40-21-12-8-5-9-13-21)24(35)34-16-14-23-29(19-34,26(37)33(3)32-23)18-20-10-6-4-7-11-20/h4-13,22,31H,14-19H2,1-3H3,(H,30,36)(H,38,39)/t22-,29-/m1/s1. The van der Waals surface area contributed by atoms with Gasteiger partial charge in [-0.05, 0) is 38.0 Å². The van der Waals surface area contributed by atoms with Crippen LogP contribution in [0, 0.1) is 5.41 Å². The third-order valence-corrected chi connectivity index (χ3v) is 7.28. The number of hydrogen-bond donors (Lipinski definition) is 3. The van der Waals surface area contributed by atoms with Gasteiger partial charge in [0.25, 0.3) is 5.91 Å². The van der Waals surface area contributed by atoms with Crippen LogP contribution in [0.25, 0.3) is 0 Å². The summed E-state index contributed by atoms with van der Waals surface area (Å²) in [6, 6.07) is 17.7. The molecule has 0 aliphatic carbocycles. The van der Waals surface area contributed by atoms with Crippen LogP contribution in [-0.2, 0) is 20.8 Å². The second-order valence-corrected chi connectivity index (χ2v) is 10.7. The highest BCUT2D eigenvalue weighted by Crippen LogP contribution is 2.38. The molecule has 11 nitrogen and oxygen atoms in total. The van der Waals surface area contributed by atoms with Crippen LogP contribution < -0.4 is 15.4 Å². The number of hydrogen-bond acceptors (Lipinski definition) is 6. The Morgan fingerprint density at radius 1 is 1.10 bits per heavy atom. The number of benzene rings is 2. The molecule has 4 amide bonds. The number of carboxylic acid groups (broad SMARTS) is 1. The van der Waals surface area contributed by atoms with Crippen molar-refractivity contribution < 1.29 is 29.0 Å². The lowest BCUT2D eigenvalue weighted by Crippen LogP contribution is -2.62. The Labute approximate surface area is 233 Å². The average Bonchev–Trinajstić information content (AvgIpc) is 3.16. The van der Waals surface area contributed by atoms with E-state index in [0.29, 0.717) is 25.1 Å². The molecule has 11 heteroatoms. The zero-order valence-electron chi connectivity index (χ0n) is 22.9. The van der Waals surface area contributed by atoms with Gasteiger partial charge in [-0.15, -0.1) is 0 Å². The molecule has 0 spiro atoms. The van der Waals surface area contributed by atoms with Gasteiger partial charge in [0.05, 0.1) is 12.3 Å². The van der Waals surface area contributed by atoms with Crippen molar-refractivity contribution in [1.82, 2.24) is 20.5 Å². The molecule has 2 aliphatic rings. The van der Waals surface area contributed by atoms with Crippen LogP contribution >= 0.6 is 0 Å². The molecular weight excluding hydrogens is 514 g/mol. The van der Waals surface area contributed by atoms with Crippen molar-refractivity contribution >= 4 is 29.5 Å². The van der Waals surface area contributed by atoms with Gasteiger partial charge < -0.3 is 25.4 Å². The van der Waals surface area contributed by atoms with Crippen molar-refractivity contribution in [3.8, 4) is 5.75 Å². The van der Waals surface area contributed by atoms with Gasteiger partial charge in [-0.1, -0.05) is 48.5 Å². The van der Waals surface area contributed by atoms with Gasteiger partial charge in [0.1, 0.15) is 22.7 Å². The molecule has 1 fully saturated rings. The summed E-state index contributed by atoms with van der Waals surface area (Å²) in [6.45, 7) is 3.42. The van der Waals surface area contributed by atoms with Gasteiger partial charge in [-0.25, -0.2) is 9.80 Å². The maximum absolute atomic E-state index is 14.0. The number of para-hydroxylation sites is 1. The number of rotatable bonds is 10. The predicted octanol–water partition coefficient (Wildman–Crippen LogP) is 2.28. The van der Waals surface area contributed by atoms with Crippen LogP contribution in [0.4, 0.5) is 4.79 Å². The first-order valence-electron chi connectivity index (χ1n) is 13.2. The van der Waals surface area contributed by atoms with E-state index < -0.39 is 29.0 Å². The zero-order valence-corrected chi connectivity index (χ0v) is 22.9. The maximum Gasteiger partial charge on any atom is 0.405 e. The lowest BCUT2D eigenvalue weighted by molar-refractivity contribution is -0.142. The summed E-state index contributed by atoms with van der Waals surface area (Å²) in [5, 5.41) is 19.9. The molecule has 0 bridgehead atoms. The van der Waals surface area contributed by atoms with Crippen molar-refractivity contribution in [2.45, 2.75) is 44.7 Å². The fourth-order valence-electron chi connectivity index (χ4n) is 5.17. The second-order valence-electron chi connectivity index (χ2n) is 10.7. The van der Waals surface area contributed by atoms with E-state index in [1.165, 1.54) is 18.9 Å². The quantitative estimate of drug-likeness (QED) is 0.415. The molecule has 2 atom stereocenters. The normalized spacial score (nSPS) is 19.4. The van der Waals surface area contributed by atoms with Crippen molar-refractivity contribution in [2.75, 3.05) is 26.7 Å². The van der Waals surface area contributed by atoms with E-state index in [4.69, 9.17) is 9.84 Å². The summed E-state index contributed by atoms with van der Waals surface area (Å²) in [7, 11) is 1.62. The number of piperidine rings is 1. The highest BCUT2D eigenvalue weighted by molar-refractivity contribution is 6.13. The summed E-state index contributed by atoms with van der Waals surface area (Å²) in [4.78, 5) is 53.3. The Balaban J connectivity index is 1.56. The SMILES string of the molecule is CN1N=C2CCN(C(=O)[C@@H](CCOc3ccccc3)NC(=O)C(C)(C)NC(=O)O)C[C@@]2(Cc2ccccc2)C1=O. The summed E-state index contributed by atoms with van der Waals surface area (Å²) < 4.78 is 5.79. The molecule has 3 N–H and O–H groups in total.